The van der Waals surface area contributed by atoms with Gasteiger partial charge in [-0.15, -0.1) is 0 Å². The van der Waals surface area contributed by atoms with Gasteiger partial charge in [0.05, 0.1) is 18.9 Å². The van der Waals surface area contributed by atoms with Gasteiger partial charge in [-0.1, -0.05) is 17.7 Å². The van der Waals surface area contributed by atoms with Crippen molar-refractivity contribution < 1.29 is 19.4 Å². The zero-order valence-electron chi connectivity index (χ0n) is 13.4. The summed E-state index contributed by atoms with van der Waals surface area (Å²) in [6.45, 7) is 4.57. The number of carbonyl (C=O) groups excluding carboxylic acids is 1. The molecule has 1 N–H and O–H groups in total. The van der Waals surface area contributed by atoms with Crippen LogP contribution in [0.5, 0.6) is 5.75 Å². The van der Waals surface area contributed by atoms with Crippen molar-refractivity contribution in [3.05, 3.63) is 29.3 Å². The fourth-order valence-electron chi connectivity index (χ4n) is 2.95. The quantitative estimate of drug-likeness (QED) is 0.926. The SMILES string of the molecule is COc1ccc(C)cc1CC(=O)N1CCCC(C)(C(=O)O)C1. The molecule has 1 unspecified atom stereocenters. The van der Waals surface area contributed by atoms with Crippen LogP contribution in [0.4, 0.5) is 0 Å². The maximum atomic E-state index is 12.5. The molecule has 1 amide bonds. The summed E-state index contributed by atoms with van der Waals surface area (Å²) in [5.74, 6) is -0.189. The van der Waals surface area contributed by atoms with E-state index in [9.17, 15) is 14.7 Å². The number of likely N-dealkylation sites (tertiary alicyclic amines) is 1. The second-order valence-corrected chi connectivity index (χ2v) is 6.28. The van der Waals surface area contributed by atoms with E-state index < -0.39 is 11.4 Å². The molecule has 5 heteroatoms. The van der Waals surface area contributed by atoms with Crippen molar-refractivity contribution in [3.8, 4) is 5.75 Å². The fraction of sp³-hybridized carbons (Fsp3) is 0.529. The highest BCUT2D eigenvalue weighted by atomic mass is 16.5. The predicted octanol–water partition coefficient (Wildman–Crippen LogP) is 2.26. The highest BCUT2D eigenvalue weighted by Gasteiger charge is 2.39. The molecule has 0 radical (unpaired) electrons. The van der Waals surface area contributed by atoms with E-state index in [1.165, 1.54) is 0 Å². The molecule has 1 aliphatic heterocycles. The first-order chi connectivity index (χ1) is 10.4. The van der Waals surface area contributed by atoms with Crippen LogP contribution >= 0.6 is 0 Å². The summed E-state index contributed by atoms with van der Waals surface area (Å²) in [6.07, 6.45) is 1.57. The Labute approximate surface area is 130 Å². The number of amides is 1. The van der Waals surface area contributed by atoms with Crippen LogP contribution in [-0.4, -0.2) is 42.1 Å². The number of carboxylic acids is 1. The van der Waals surface area contributed by atoms with Gasteiger partial charge in [0.2, 0.25) is 5.91 Å². The molecule has 2 rings (SSSR count). The summed E-state index contributed by atoms with van der Waals surface area (Å²) in [4.78, 5) is 25.6. The number of carbonyl (C=O) groups is 2. The topological polar surface area (TPSA) is 66.8 Å². The Morgan fingerprint density at radius 2 is 2.14 bits per heavy atom. The summed E-state index contributed by atoms with van der Waals surface area (Å²) in [5.41, 5.74) is 1.07. The Bertz CT molecular complexity index is 584. The normalized spacial score (nSPS) is 21.5. The number of hydrogen-bond donors (Lipinski definition) is 1. The van der Waals surface area contributed by atoms with E-state index in [4.69, 9.17) is 4.74 Å². The van der Waals surface area contributed by atoms with E-state index in [0.717, 1.165) is 17.5 Å². The van der Waals surface area contributed by atoms with Gasteiger partial charge in [0, 0.05) is 18.7 Å². The summed E-state index contributed by atoms with van der Waals surface area (Å²) in [5, 5.41) is 9.35. The van der Waals surface area contributed by atoms with Crippen LogP contribution in [0.25, 0.3) is 0 Å². The van der Waals surface area contributed by atoms with Crippen molar-refractivity contribution in [3.63, 3.8) is 0 Å². The minimum absolute atomic E-state index is 0.0453. The smallest absolute Gasteiger partial charge is 0.311 e. The van der Waals surface area contributed by atoms with Crippen molar-refractivity contribution in [2.24, 2.45) is 5.41 Å². The Morgan fingerprint density at radius 1 is 1.41 bits per heavy atom. The number of benzene rings is 1. The van der Waals surface area contributed by atoms with Crippen LogP contribution in [0.2, 0.25) is 0 Å². The predicted molar refractivity (Wildman–Crippen MR) is 83.0 cm³/mol. The molecule has 1 aromatic rings. The van der Waals surface area contributed by atoms with Crippen LogP contribution in [-0.2, 0) is 16.0 Å². The lowest BCUT2D eigenvalue weighted by Crippen LogP contribution is -2.48. The van der Waals surface area contributed by atoms with Crippen molar-refractivity contribution in [1.29, 1.82) is 0 Å². The molecule has 0 aliphatic carbocycles. The van der Waals surface area contributed by atoms with Crippen LogP contribution in [0.1, 0.15) is 30.9 Å². The Balaban J connectivity index is 2.12. The van der Waals surface area contributed by atoms with Crippen LogP contribution in [0.15, 0.2) is 18.2 Å². The zero-order chi connectivity index (χ0) is 16.3. The van der Waals surface area contributed by atoms with Gasteiger partial charge in [-0.05, 0) is 32.8 Å². The van der Waals surface area contributed by atoms with Crippen LogP contribution < -0.4 is 4.74 Å². The lowest BCUT2D eigenvalue weighted by molar-refractivity contribution is -0.153. The van der Waals surface area contributed by atoms with Crippen molar-refractivity contribution >= 4 is 11.9 Å². The number of aliphatic carboxylic acids is 1. The van der Waals surface area contributed by atoms with E-state index in [1.807, 2.05) is 25.1 Å². The van der Waals surface area contributed by atoms with E-state index in [2.05, 4.69) is 0 Å². The molecule has 0 saturated carbocycles. The molecule has 22 heavy (non-hydrogen) atoms. The first-order valence-electron chi connectivity index (χ1n) is 7.50. The Kier molecular flexibility index (Phi) is 4.74. The number of nitrogens with zero attached hydrogens (tertiary/aromatic N) is 1. The van der Waals surface area contributed by atoms with E-state index in [1.54, 1.807) is 18.9 Å². The zero-order valence-corrected chi connectivity index (χ0v) is 13.4. The molecular weight excluding hydrogens is 282 g/mol. The molecule has 1 heterocycles. The van der Waals surface area contributed by atoms with Gasteiger partial charge in [0.15, 0.2) is 0 Å². The monoisotopic (exact) mass is 305 g/mol. The molecule has 1 saturated heterocycles. The second-order valence-electron chi connectivity index (χ2n) is 6.28. The van der Waals surface area contributed by atoms with Crippen LogP contribution in [0.3, 0.4) is 0 Å². The second kappa shape index (κ2) is 6.38. The molecule has 1 aromatic carbocycles. The molecule has 0 bridgehead atoms. The van der Waals surface area contributed by atoms with E-state index in [0.29, 0.717) is 18.7 Å². The molecule has 120 valence electrons. The van der Waals surface area contributed by atoms with Gasteiger partial charge < -0.3 is 14.7 Å². The highest BCUT2D eigenvalue weighted by molar-refractivity contribution is 5.81. The number of hydrogen-bond acceptors (Lipinski definition) is 3. The molecule has 5 nitrogen and oxygen atoms in total. The van der Waals surface area contributed by atoms with Gasteiger partial charge in [-0.3, -0.25) is 9.59 Å². The van der Waals surface area contributed by atoms with Gasteiger partial charge >= 0.3 is 5.97 Å². The maximum absolute atomic E-state index is 12.5. The summed E-state index contributed by atoms with van der Waals surface area (Å²) < 4.78 is 5.30. The largest absolute Gasteiger partial charge is 0.496 e. The van der Waals surface area contributed by atoms with Gasteiger partial charge in [0.1, 0.15) is 5.75 Å². The lowest BCUT2D eigenvalue weighted by Gasteiger charge is -2.37. The highest BCUT2D eigenvalue weighted by Crippen LogP contribution is 2.30. The third kappa shape index (κ3) is 3.40. The molecule has 1 fully saturated rings. The average Bonchev–Trinajstić information content (AvgIpc) is 2.47. The molecule has 1 aliphatic rings. The van der Waals surface area contributed by atoms with Crippen molar-refractivity contribution in [2.45, 2.75) is 33.1 Å². The average molecular weight is 305 g/mol. The third-order valence-corrected chi connectivity index (χ3v) is 4.34. The molecule has 1 atom stereocenters. The van der Waals surface area contributed by atoms with E-state index in [-0.39, 0.29) is 18.9 Å². The number of carboxylic acid groups (broad SMARTS) is 1. The molecule has 0 aromatic heterocycles. The van der Waals surface area contributed by atoms with Gasteiger partial charge in [-0.2, -0.15) is 0 Å². The first-order valence-corrected chi connectivity index (χ1v) is 7.50. The van der Waals surface area contributed by atoms with Gasteiger partial charge in [-0.25, -0.2) is 0 Å². The summed E-state index contributed by atoms with van der Waals surface area (Å²) in [6, 6.07) is 5.74. The first kappa shape index (κ1) is 16.3. The number of methoxy groups -OCH3 is 1. The maximum Gasteiger partial charge on any atom is 0.311 e. The van der Waals surface area contributed by atoms with Crippen LogP contribution in [0, 0.1) is 12.3 Å². The van der Waals surface area contributed by atoms with Crippen molar-refractivity contribution in [1.82, 2.24) is 4.90 Å². The fourth-order valence-corrected chi connectivity index (χ4v) is 2.95. The molecule has 0 spiro atoms. The summed E-state index contributed by atoms with van der Waals surface area (Å²) in [7, 11) is 1.58. The third-order valence-electron chi connectivity index (χ3n) is 4.34. The number of piperidine rings is 1. The Hall–Kier alpha value is -2.04. The minimum atomic E-state index is -0.843. The Morgan fingerprint density at radius 3 is 2.77 bits per heavy atom. The van der Waals surface area contributed by atoms with Crippen molar-refractivity contribution in [2.75, 3.05) is 20.2 Å². The number of ether oxygens (including phenoxy) is 1. The lowest BCUT2D eigenvalue weighted by atomic mass is 9.82. The number of rotatable bonds is 4. The standard InChI is InChI=1S/C17H23NO4/c1-12-5-6-14(22-3)13(9-12)10-15(19)18-8-4-7-17(2,11-18)16(20)21/h5-6,9H,4,7-8,10-11H2,1-3H3,(H,20,21). The molecular formula is C17H23NO4. The number of aryl methyl sites for hydroxylation is 1. The van der Waals surface area contributed by atoms with Gasteiger partial charge in [0.25, 0.3) is 0 Å². The summed E-state index contributed by atoms with van der Waals surface area (Å²) >= 11 is 0. The minimum Gasteiger partial charge on any atom is -0.496 e. The van der Waals surface area contributed by atoms with E-state index >= 15 is 0 Å².